The van der Waals surface area contributed by atoms with E-state index < -0.39 is 12.1 Å². The van der Waals surface area contributed by atoms with Crippen LogP contribution in [0, 0.1) is 5.92 Å². The number of carbonyl (C=O) groups excluding carboxylic acids is 3. The number of hydrogen-bond acceptors (Lipinski definition) is 3. The SMILES string of the molecule is CCCCCCN(CCCCCC)C(=O)[C@H](C)NC(=O)[C@@H](NC(C)=O)C(C)C. The second kappa shape index (κ2) is 15.3. The summed E-state index contributed by atoms with van der Waals surface area (Å²) < 4.78 is 0. The van der Waals surface area contributed by atoms with Gasteiger partial charge in [-0.3, -0.25) is 14.4 Å². The molecular formula is C22H43N3O3. The van der Waals surface area contributed by atoms with Crippen molar-refractivity contribution >= 4 is 17.7 Å². The minimum atomic E-state index is -0.629. The number of nitrogens with one attached hydrogen (secondary N) is 2. The highest BCUT2D eigenvalue weighted by Gasteiger charge is 2.27. The Morgan fingerprint density at radius 1 is 0.786 bits per heavy atom. The first-order valence-electron chi connectivity index (χ1n) is 11.1. The summed E-state index contributed by atoms with van der Waals surface area (Å²) in [6.07, 6.45) is 8.91. The lowest BCUT2D eigenvalue weighted by molar-refractivity contribution is -0.137. The van der Waals surface area contributed by atoms with Crippen LogP contribution in [0.3, 0.4) is 0 Å². The van der Waals surface area contributed by atoms with Crippen LogP contribution in [-0.2, 0) is 14.4 Å². The molecule has 0 rings (SSSR count). The first-order chi connectivity index (χ1) is 13.2. The molecule has 0 spiro atoms. The zero-order chi connectivity index (χ0) is 21.5. The maximum absolute atomic E-state index is 12.9. The minimum Gasteiger partial charge on any atom is -0.344 e. The molecule has 0 aliphatic carbocycles. The fourth-order valence-electron chi connectivity index (χ4n) is 3.18. The van der Waals surface area contributed by atoms with E-state index in [4.69, 9.17) is 0 Å². The van der Waals surface area contributed by atoms with Crippen LogP contribution in [0.4, 0.5) is 0 Å². The largest absolute Gasteiger partial charge is 0.344 e. The molecule has 0 aliphatic rings. The molecule has 3 amide bonds. The van der Waals surface area contributed by atoms with E-state index in [9.17, 15) is 14.4 Å². The molecule has 0 aromatic heterocycles. The van der Waals surface area contributed by atoms with Crippen molar-refractivity contribution in [1.29, 1.82) is 0 Å². The Morgan fingerprint density at radius 2 is 1.29 bits per heavy atom. The summed E-state index contributed by atoms with van der Waals surface area (Å²) in [7, 11) is 0. The van der Waals surface area contributed by atoms with E-state index in [1.54, 1.807) is 6.92 Å². The molecule has 2 N–H and O–H groups in total. The predicted octanol–water partition coefficient (Wildman–Crippen LogP) is 3.64. The highest BCUT2D eigenvalue weighted by Crippen LogP contribution is 2.08. The number of hydrogen-bond donors (Lipinski definition) is 2. The van der Waals surface area contributed by atoms with Crippen LogP contribution in [0.25, 0.3) is 0 Å². The summed E-state index contributed by atoms with van der Waals surface area (Å²) in [5.41, 5.74) is 0. The van der Waals surface area contributed by atoms with Crippen molar-refractivity contribution in [3.8, 4) is 0 Å². The summed E-state index contributed by atoms with van der Waals surface area (Å²) in [6, 6.07) is -1.23. The molecule has 28 heavy (non-hydrogen) atoms. The lowest BCUT2D eigenvalue weighted by Crippen LogP contribution is -2.54. The van der Waals surface area contributed by atoms with Crippen molar-refractivity contribution in [3.05, 3.63) is 0 Å². The van der Waals surface area contributed by atoms with Crippen molar-refractivity contribution in [3.63, 3.8) is 0 Å². The normalized spacial score (nSPS) is 13.1. The van der Waals surface area contributed by atoms with Gasteiger partial charge in [-0.1, -0.05) is 66.2 Å². The second-order valence-corrected chi connectivity index (χ2v) is 8.10. The average molecular weight is 398 g/mol. The van der Waals surface area contributed by atoms with Crippen LogP contribution in [0.5, 0.6) is 0 Å². The fraction of sp³-hybridized carbons (Fsp3) is 0.864. The topological polar surface area (TPSA) is 78.5 Å². The third-order valence-electron chi connectivity index (χ3n) is 4.91. The van der Waals surface area contributed by atoms with E-state index in [1.807, 2.05) is 18.7 Å². The number of unbranched alkanes of at least 4 members (excludes halogenated alkanes) is 6. The zero-order valence-corrected chi connectivity index (χ0v) is 19.0. The van der Waals surface area contributed by atoms with Crippen LogP contribution >= 0.6 is 0 Å². The summed E-state index contributed by atoms with van der Waals surface area (Å²) >= 11 is 0. The number of nitrogens with zero attached hydrogens (tertiary/aromatic N) is 1. The lowest BCUT2D eigenvalue weighted by atomic mass is 10.0. The van der Waals surface area contributed by atoms with Gasteiger partial charge < -0.3 is 15.5 Å². The summed E-state index contributed by atoms with van der Waals surface area (Å²) in [5, 5.41) is 5.48. The molecule has 6 nitrogen and oxygen atoms in total. The molecule has 6 heteroatoms. The van der Waals surface area contributed by atoms with Crippen molar-refractivity contribution in [2.75, 3.05) is 13.1 Å². The van der Waals surface area contributed by atoms with Crippen molar-refractivity contribution < 1.29 is 14.4 Å². The molecule has 2 atom stereocenters. The Hall–Kier alpha value is -1.59. The third kappa shape index (κ3) is 11.3. The molecule has 0 aromatic carbocycles. The van der Waals surface area contributed by atoms with Crippen LogP contribution in [0.15, 0.2) is 0 Å². The van der Waals surface area contributed by atoms with Crippen LogP contribution in [-0.4, -0.2) is 47.8 Å². The average Bonchev–Trinajstić information content (AvgIpc) is 2.63. The van der Waals surface area contributed by atoms with Gasteiger partial charge in [0.15, 0.2) is 0 Å². The Balaban J connectivity index is 4.85. The molecule has 164 valence electrons. The molecular weight excluding hydrogens is 354 g/mol. The van der Waals surface area contributed by atoms with E-state index in [1.165, 1.54) is 19.8 Å². The van der Waals surface area contributed by atoms with Crippen molar-refractivity contribution in [1.82, 2.24) is 15.5 Å². The number of rotatable bonds is 15. The van der Waals surface area contributed by atoms with E-state index in [-0.39, 0.29) is 23.6 Å². The maximum atomic E-state index is 12.9. The Morgan fingerprint density at radius 3 is 1.68 bits per heavy atom. The molecule has 0 heterocycles. The highest BCUT2D eigenvalue weighted by atomic mass is 16.2. The smallest absolute Gasteiger partial charge is 0.244 e. The van der Waals surface area contributed by atoms with E-state index in [2.05, 4.69) is 24.5 Å². The molecule has 0 unspecified atom stereocenters. The standard InChI is InChI=1S/C22H43N3O3/c1-7-9-11-13-15-25(16-14-12-10-8-2)22(28)18(5)23-21(27)20(17(3)4)24-19(6)26/h17-18,20H,7-16H2,1-6H3,(H,23,27)(H,24,26)/t18-,20-/m0/s1. The van der Waals surface area contributed by atoms with E-state index in [0.29, 0.717) is 0 Å². The van der Waals surface area contributed by atoms with Gasteiger partial charge in [0, 0.05) is 20.0 Å². The second-order valence-electron chi connectivity index (χ2n) is 8.10. The van der Waals surface area contributed by atoms with Gasteiger partial charge in [-0.05, 0) is 25.7 Å². The van der Waals surface area contributed by atoms with Gasteiger partial charge in [0.1, 0.15) is 12.1 Å². The monoisotopic (exact) mass is 397 g/mol. The molecule has 0 aromatic rings. The number of carbonyl (C=O) groups is 3. The molecule has 0 aliphatic heterocycles. The molecule has 0 saturated heterocycles. The quantitative estimate of drug-likeness (QED) is 0.414. The highest BCUT2D eigenvalue weighted by molar-refractivity contribution is 5.91. The van der Waals surface area contributed by atoms with Gasteiger partial charge in [0.05, 0.1) is 0 Å². The first-order valence-corrected chi connectivity index (χ1v) is 11.1. The van der Waals surface area contributed by atoms with Gasteiger partial charge in [0.25, 0.3) is 0 Å². The van der Waals surface area contributed by atoms with Crippen LogP contribution in [0.2, 0.25) is 0 Å². The summed E-state index contributed by atoms with van der Waals surface area (Å²) in [4.78, 5) is 38.8. The summed E-state index contributed by atoms with van der Waals surface area (Å²) in [6.45, 7) is 12.7. The van der Waals surface area contributed by atoms with Crippen LogP contribution < -0.4 is 10.6 Å². The fourth-order valence-corrected chi connectivity index (χ4v) is 3.18. The molecule has 0 bridgehead atoms. The van der Waals surface area contributed by atoms with Gasteiger partial charge in [-0.25, -0.2) is 0 Å². The Kier molecular flexibility index (Phi) is 14.5. The van der Waals surface area contributed by atoms with Gasteiger partial charge in [0.2, 0.25) is 17.7 Å². The predicted molar refractivity (Wildman–Crippen MR) is 115 cm³/mol. The molecule has 0 fully saturated rings. The van der Waals surface area contributed by atoms with Crippen LogP contribution in [0.1, 0.15) is 92.9 Å². The lowest BCUT2D eigenvalue weighted by Gasteiger charge is -2.28. The molecule has 0 saturated carbocycles. The van der Waals surface area contributed by atoms with Gasteiger partial charge in [-0.2, -0.15) is 0 Å². The van der Waals surface area contributed by atoms with Crippen molar-refractivity contribution in [2.45, 2.75) is 105 Å². The van der Waals surface area contributed by atoms with E-state index in [0.717, 1.165) is 51.6 Å². The Labute approximate surface area is 172 Å². The van der Waals surface area contributed by atoms with Crippen molar-refractivity contribution in [2.24, 2.45) is 5.92 Å². The summed E-state index contributed by atoms with van der Waals surface area (Å²) in [5.74, 6) is -0.638. The van der Waals surface area contributed by atoms with E-state index >= 15 is 0 Å². The van der Waals surface area contributed by atoms with Gasteiger partial charge in [-0.15, -0.1) is 0 Å². The third-order valence-corrected chi connectivity index (χ3v) is 4.91. The van der Waals surface area contributed by atoms with Gasteiger partial charge >= 0.3 is 0 Å². The molecule has 0 radical (unpaired) electrons. The first kappa shape index (κ1) is 26.4. The maximum Gasteiger partial charge on any atom is 0.244 e. The number of amides is 3. The zero-order valence-electron chi connectivity index (χ0n) is 19.0. The minimum absolute atomic E-state index is 0.0355. The Bertz CT molecular complexity index is 454.